The third kappa shape index (κ3) is 5.28. The van der Waals surface area contributed by atoms with Gasteiger partial charge in [-0.1, -0.05) is 37.5 Å². The van der Waals surface area contributed by atoms with E-state index in [1.165, 1.54) is 32.1 Å². The van der Waals surface area contributed by atoms with Gasteiger partial charge in [0, 0.05) is 18.7 Å². The highest BCUT2D eigenvalue weighted by Crippen LogP contribution is 2.17. The number of hydrogen-bond acceptors (Lipinski definition) is 5. The molecule has 3 rings (SSSR count). The van der Waals surface area contributed by atoms with Crippen molar-refractivity contribution in [2.45, 2.75) is 44.8 Å². The lowest BCUT2D eigenvalue weighted by Gasteiger charge is -2.22. The summed E-state index contributed by atoms with van der Waals surface area (Å²) in [6.07, 6.45) is 6.62. The first kappa shape index (κ1) is 15.9. The van der Waals surface area contributed by atoms with Crippen molar-refractivity contribution in [3.63, 3.8) is 0 Å². The van der Waals surface area contributed by atoms with E-state index in [1.807, 2.05) is 30.3 Å². The van der Waals surface area contributed by atoms with Gasteiger partial charge in [-0.05, 0) is 30.1 Å². The van der Waals surface area contributed by atoms with E-state index in [2.05, 4.69) is 10.5 Å². The highest BCUT2D eigenvalue weighted by Gasteiger charge is 2.12. The number of ether oxygens (including phenoxy) is 2. The summed E-state index contributed by atoms with van der Waals surface area (Å²) < 4.78 is 16.4. The first-order valence-corrected chi connectivity index (χ1v) is 8.40. The van der Waals surface area contributed by atoms with Gasteiger partial charge in [-0.25, -0.2) is 0 Å². The second-order valence-corrected chi connectivity index (χ2v) is 5.87. The van der Waals surface area contributed by atoms with Gasteiger partial charge in [0.2, 0.25) is 0 Å². The maximum atomic E-state index is 5.61. The molecular weight excluding hydrogens is 292 g/mol. The fourth-order valence-electron chi connectivity index (χ4n) is 2.83. The molecule has 1 N–H and O–H groups in total. The van der Waals surface area contributed by atoms with Crippen LogP contribution in [0.15, 0.2) is 40.9 Å². The van der Waals surface area contributed by atoms with E-state index in [0.29, 0.717) is 30.9 Å². The van der Waals surface area contributed by atoms with Crippen LogP contribution in [0.2, 0.25) is 0 Å². The molecule has 0 unspecified atom stereocenters. The highest BCUT2D eigenvalue weighted by molar-refractivity contribution is 5.21. The molecule has 0 bridgehead atoms. The number of para-hydroxylation sites is 1. The van der Waals surface area contributed by atoms with Crippen molar-refractivity contribution in [3.8, 4) is 11.6 Å². The molecule has 0 aliphatic heterocycles. The van der Waals surface area contributed by atoms with Gasteiger partial charge in [-0.3, -0.25) is 0 Å². The Bertz CT molecular complexity index is 565. The molecule has 1 heterocycles. The van der Waals surface area contributed by atoms with Crippen molar-refractivity contribution in [1.29, 1.82) is 0 Å². The Hall–Kier alpha value is -2.01. The molecule has 5 heteroatoms. The molecule has 0 saturated heterocycles. The highest BCUT2D eigenvalue weighted by atomic mass is 16.5. The number of aromatic nitrogens is 1. The van der Waals surface area contributed by atoms with Gasteiger partial charge in [0.05, 0.1) is 0 Å². The molecule has 1 aromatic carbocycles. The normalized spacial score (nSPS) is 15.5. The monoisotopic (exact) mass is 316 g/mol. The Labute approximate surface area is 137 Å². The maximum absolute atomic E-state index is 5.61. The zero-order chi connectivity index (χ0) is 15.7. The number of nitrogens with one attached hydrogen (secondary N) is 1. The fourth-order valence-corrected chi connectivity index (χ4v) is 2.83. The average Bonchev–Trinajstić information content (AvgIpc) is 3.07. The van der Waals surface area contributed by atoms with Gasteiger partial charge in [-0.15, -0.1) is 0 Å². The molecule has 0 radical (unpaired) electrons. The SMILES string of the molecule is c1ccc(OCc2cc(OCCNC3CCCCC3)no2)cc1. The second kappa shape index (κ2) is 8.58. The van der Waals surface area contributed by atoms with Crippen molar-refractivity contribution in [3.05, 3.63) is 42.2 Å². The molecule has 1 aliphatic rings. The van der Waals surface area contributed by atoms with Crippen LogP contribution in [0, 0.1) is 0 Å². The number of benzene rings is 1. The van der Waals surface area contributed by atoms with Crippen molar-refractivity contribution < 1.29 is 14.0 Å². The summed E-state index contributed by atoms with van der Waals surface area (Å²) in [5, 5.41) is 7.45. The zero-order valence-corrected chi connectivity index (χ0v) is 13.4. The van der Waals surface area contributed by atoms with Crippen molar-refractivity contribution in [2.75, 3.05) is 13.2 Å². The Morgan fingerprint density at radius 3 is 2.74 bits per heavy atom. The fraction of sp³-hybridized carbons (Fsp3) is 0.500. The number of hydrogen-bond donors (Lipinski definition) is 1. The van der Waals surface area contributed by atoms with Gasteiger partial charge in [0.15, 0.2) is 5.76 Å². The van der Waals surface area contributed by atoms with E-state index in [4.69, 9.17) is 14.0 Å². The van der Waals surface area contributed by atoms with Gasteiger partial charge >= 0.3 is 0 Å². The molecule has 2 aromatic rings. The summed E-state index contributed by atoms with van der Waals surface area (Å²) in [6, 6.07) is 12.1. The Kier molecular flexibility index (Phi) is 5.92. The van der Waals surface area contributed by atoms with Crippen LogP contribution in [0.5, 0.6) is 11.6 Å². The average molecular weight is 316 g/mol. The predicted octanol–water partition coefficient (Wildman–Crippen LogP) is 3.55. The number of rotatable bonds is 8. The predicted molar refractivity (Wildman–Crippen MR) is 87.6 cm³/mol. The molecule has 0 spiro atoms. The van der Waals surface area contributed by atoms with Gasteiger partial charge in [0.1, 0.15) is 19.0 Å². The second-order valence-electron chi connectivity index (χ2n) is 5.87. The largest absolute Gasteiger partial charge is 0.486 e. The lowest BCUT2D eigenvalue weighted by molar-refractivity contribution is 0.236. The standard InChI is InChI=1S/C18H24N2O3/c1-3-7-15(8-4-1)19-11-12-21-18-13-17(23-20-18)14-22-16-9-5-2-6-10-16/h2,5-6,9-10,13,15,19H,1,3-4,7-8,11-12,14H2. The third-order valence-corrected chi connectivity index (χ3v) is 4.05. The van der Waals surface area contributed by atoms with Crippen LogP contribution < -0.4 is 14.8 Å². The van der Waals surface area contributed by atoms with Gasteiger partial charge < -0.3 is 19.3 Å². The molecule has 1 fully saturated rings. The summed E-state index contributed by atoms with van der Waals surface area (Å²) in [7, 11) is 0. The minimum atomic E-state index is 0.348. The summed E-state index contributed by atoms with van der Waals surface area (Å²) >= 11 is 0. The summed E-state index contributed by atoms with van der Waals surface area (Å²) in [5.74, 6) is 1.98. The molecule has 1 saturated carbocycles. The van der Waals surface area contributed by atoms with Crippen molar-refractivity contribution >= 4 is 0 Å². The summed E-state index contributed by atoms with van der Waals surface area (Å²) in [4.78, 5) is 0. The minimum absolute atomic E-state index is 0.348. The Morgan fingerprint density at radius 1 is 1.09 bits per heavy atom. The Balaban J connectivity index is 1.34. The van der Waals surface area contributed by atoms with E-state index in [-0.39, 0.29) is 0 Å². The first-order chi connectivity index (χ1) is 11.4. The van der Waals surface area contributed by atoms with E-state index in [9.17, 15) is 0 Å². The molecule has 23 heavy (non-hydrogen) atoms. The summed E-state index contributed by atoms with van der Waals surface area (Å²) in [5.41, 5.74) is 0. The smallest absolute Gasteiger partial charge is 0.254 e. The van der Waals surface area contributed by atoms with Crippen LogP contribution in [0.4, 0.5) is 0 Å². The maximum Gasteiger partial charge on any atom is 0.254 e. The van der Waals surface area contributed by atoms with Crippen molar-refractivity contribution in [2.24, 2.45) is 0 Å². The first-order valence-electron chi connectivity index (χ1n) is 8.40. The van der Waals surface area contributed by atoms with E-state index < -0.39 is 0 Å². The molecule has 1 aliphatic carbocycles. The van der Waals surface area contributed by atoms with Crippen LogP contribution in [0.3, 0.4) is 0 Å². The van der Waals surface area contributed by atoms with E-state index >= 15 is 0 Å². The zero-order valence-electron chi connectivity index (χ0n) is 13.4. The van der Waals surface area contributed by atoms with Crippen LogP contribution >= 0.6 is 0 Å². The molecule has 124 valence electrons. The van der Waals surface area contributed by atoms with Crippen LogP contribution in [0.1, 0.15) is 37.9 Å². The van der Waals surface area contributed by atoms with E-state index in [1.54, 1.807) is 6.07 Å². The molecular formula is C18H24N2O3. The molecule has 0 amide bonds. The quantitative estimate of drug-likeness (QED) is 0.755. The summed E-state index contributed by atoms with van der Waals surface area (Å²) in [6.45, 7) is 1.79. The van der Waals surface area contributed by atoms with Gasteiger partial charge in [0.25, 0.3) is 5.88 Å². The van der Waals surface area contributed by atoms with Crippen LogP contribution in [0.25, 0.3) is 0 Å². The number of nitrogens with zero attached hydrogens (tertiary/aromatic N) is 1. The van der Waals surface area contributed by atoms with Gasteiger partial charge in [-0.2, -0.15) is 0 Å². The van der Waals surface area contributed by atoms with E-state index in [0.717, 1.165) is 12.3 Å². The molecule has 1 aromatic heterocycles. The van der Waals surface area contributed by atoms with Crippen LogP contribution in [-0.4, -0.2) is 24.4 Å². The lowest BCUT2D eigenvalue weighted by Crippen LogP contribution is -2.34. The minimum Gasteiger partial charge on any atom is -0.486 e. The van der Waals surface area contributed by atoms with Crippen molar-refractivity contribution in [1.82, 2.24) is 10.5 Å². The topological polar surface area (TPSA) is 56.5 Å². The third-order valence-electron chi connectivity index (χ3n) is 4.05. The lowest BCUT2D eigenvalue weighted by atomic mass is 9.96. The Morgan fingerprint density at radius 2 is 1.91 bits per heavy atom. The molecule has 5 nitrogen and oxygen atoms in total. The molecule has 0 atom stereocenters. The van der Waals surface area contributed by atoms with Crippen LogP contribution in [-0.2, 0) is 6.61 Å².